The molecule has 1 aliphatic rings. The fourth-order valence-corrected chi connectivity index (χ4v) is 1.38. The van der Waals surface area contributed by atoms with Crippen molar-refractivity contribution in [3.8, 4) is 5.75 Å². The Labute approximate surface area is 78.9 Å². The number of nitrogens with one attached hydrogen (secondary N) is 1. The largest absolute Gasteiger partial charge is 0.490 e. The second-order valence-corrected chi connectivity index (χ2v) is 3.50. The maximum absolute atomic E-state index is 5.76. The van der Waals surface area contributed by atoms with E-state index in [1.54, 1.807) is 0 Å². The molecule has 1 saturated carbocycles. The summed E-state index contributed by atoms with van der Waals surface area (Å²) in [6, 6.07) is 6.13. The van der Waals surface area contributed by atoms with Crippen LogP contribution in [0.3, 0.4) is 0 Å². The first-order valence-electron chi connectivity index (χ1n) is 4.75. The summed E-state index contributed by atoms with van der Waals surface area (Å²) in [6.45, 7) is 2.09. The van der Waals surface area contributed by atoms with Crippen molar-refractivity contribution >= 4 is 5.69 Å². The molecule has 1 aromatic carbocycles. The van der Waals surface area contributed by atoms with Crippen LogP contribution in [0.25, 0.3) is 0 Å². The molecule has 0 amide bonds. The number of hydrogen-bond acceptors (Lipinski definition) is 2. The van der Waals surface area contributed by atoms with E-state index in [1.807, 2.05) is 19.2 Å². The van der Waals surface area contributed by atoms with Gasteiger partial charge in [-0.1, -0.05) is 6.07 Å². The molecule has 1 aliphatic carbocycles. The average molecular weight is 177 g/mol. The van der Waals surface area contributed by atoms with Crippen LogP contribution in [0.2, 0.25) is 0 Å². The third kappa shape index (κ3) is 1.77. The zero-order valence-electron chi connectivity index (χ0n) is 8.13. The highest BCUT2D eigenvalue weighted by Gasteiger charge is 2.24. The van der Waals surface area contributed by atoms with Crippen molar-refractivity contribution < 1.29 is 4.74 Å². The van der Waals surface area contributed by atoms with Crippen LogP contribution in [-0.2, 0) is 0 Å². The van der Waals surface area contributed by atoms with Gasteiger partial charge in [-0.25, -0.2) is 0 Å². The van der Waals surface area contributed by atoms with Crippen molar-refractivity contribution in [1.82, 2.24) is 0 Å². The summed E-state index contributed by atoms with van der Waals surface area (Å²) in [5, 5.41) is 3.15. The molecule has 0 heterocycles. The maximum atomic E-state index is 5.76. The van der Waals surface area contributed by atoms with Gasteiger partial charge in [0.1, 0.15) is 5.75 Å². The van der Waals surface area contributed by atoms with Gasteiger partial charge in [0.25, 0.3) is 0 Å². The van der Waals surface area contributed by atoms with Crippen molar-refractivity contribution in [2.75, 3.05) is 12.4 Å². The highest BCUT2D eigenvalue weighted by molar-refractivity contribution is 5.56. The van der Waals surface area contributed by atoms with Crippen LogP contribution >= 0.6 is 0 Å². The van der Waals surface area contributed by atoms with Crippen LogP contribution < -0.4 is 10.1 Å². The molecule has 2 rings (SSSR count). The van der Waals surface area contributed by atoms with Crippen molar-refractivity contribution in [2.24, 2.45) is 0 Å². The van der Waals surface area contributed by atoms with E-state index in [9.17, 15) is 0 Å². The summed E-state index contributed by atoms with van der Waals surface area (Å²) in [7, 11) is 1.93. The summed E-state index contributed by atoms with van der Waals surface area (Å²) < 4.78 is 5.76. The van der Waals surface area contributed by atoms with E-state index >= 15 is 0 Å². The summed E-state index contributed by atoms with van der Waals surface area (Å²) >= 11 is 0. The van der Waals surface area contributed by atoms with Gasteiger partial charge in [0.2, 0.25) is 0 Å². The van der Waals surface area contributed by atoms with Gasteiger partial charge < -0.3 is 10.1 Å². The van der Waals surface area contributed by atoms with Crippen molar-refractivity contribution in [3.05, 3.63) is 23.8 Å². The first-order chi connectivity index (χ1) is 6.31. The van der Waals surface area contributed by atoms with Gasteiger partial charge in [0, 0.05) is 18.3 Å². The fourth-order valence-electron chi connectivity index (χ4n) is 1.38. The van der Waals surface area contributed by atoms with Crippen LogP contribution in [0.15, 0.2) is 18.2 Å². The van der Waals surface area contributed by atoms with Gasteiger partial charge in [-0.2, -0.15) is 0 Å². The van der Waals surface area contributed by atoms with Crippen LogP contribution in [0.4, 0.5) is 5.69 Å². The van der Waals surface area contributed by atoms with Gasteiger partial charge >= 0.3 is 0 Å². The molecule has 0 radical (unpaired) electrons. The number of ether oxygens (including phenoxy) is 1. The summed E-state index contributed by atoms with van der Waals surface area (Å²) in [5.74, 6) is 1.02. The van der Waals surface area contributed by atoms with Crippen LogP contribution in [0.5, 0.6) is 5.75 Å². The topological polar surface area (TPSA) is 21.3 Å². The molecule has 2 heteroatoms. The molecule has 0 atom stereocenters. The lowest BCUT2D eigenvalue weighted by Gasteiger charge is -2.11. The lowest BCUT2D eigenvalue weighted by atomic mass is 10.2. The standard InChI is InChI=1S/C11H15NO/c1-8-10(12-2)4-3-5-11(8)13-9-6-7-9/h3-5,9,12H,6-7H2,1-2H3. The van der Waals surface area contributed by atoms with Gasteiger partial charge in [-0.05, 0) is 31.9 Å². The lowest BCUT2D eigenvalue weighted by molar-refractivity contribution is 0.301. The molecule has 0 saturated heterocycles. The number of hydrogen-bond donors (Lipinski definition) is 1. The third-order valence-electron chi connectivity index (χ3n) is 2.37. The Bertz CT molecular complexity index is 305. The highest BCUT2D eigenvalue weighted by Crippen LogP contribution is 2.31. The molecule has 1 fully saturated rings. The SMILES string of the molecule is CNc1cccc(OC2CC2)c1C. The zero-order chi connectivity index (χ0) is 9.26. The Kier molecular flexibility index (Phi) is 2.13. The summed E-state index contributed by atoms with van der Waals surface area (Å²) in [5.41, 5.74) is 2.36. The Hall–Kier alpha value is -1.18. The van der Waals surface area contributed by atoms with Crippen molar-refractivity contribution in [2.45, 2.75) is 25.9 Å². The first-order valence-corrected chi connectivity index (χ1v) is 4.75. The van der Waals surface area contributed by atoms with Crippen molar-refractivity contribution in [3.63, 3.8) is 0 Å². The zero-order valence-corrected chi connectivity index (χ0v) is 8.13. The van der Waals surface area contributed by atoms with Crippen LogP contribution in [0, 0.1) is 6.92 Å². The van der Waals surface area contributed by atoms with E-state index in [2.05, 4.69) is 18.3 Å². The minimum Gasteiger partial charge on any atom is -0.490 e. The predicted octanol–water partition coefficient (Wildman–Crippen LogP) is 2.58. The van der Waals surface area contributed by atoms with Gasteiger partial charge in [0.15, 0.2) is 0 Å². The number of anilines is 1. The molecule has 0 spiro atoms. The molecule has 0 aromatic heterocycles. The fraction of sp³-hybridized carbons (Fsp3) is 0.455. The minimum absolute atomic E-state index is 0.478. The Morgan fingerprint density at radius 2 is 2.15 bits per heavy atom. The van der Waals surface area contributed by atoms with Crippen LogP contribution in [-0.4, -0.2) is 13.2 Å². The molecular weight excluding hydrogens is 162 g/mol. The average Bonchev–Trinajstić information content (AvgIpc) is 2.92. The molecule has 0 unspecified atom stereocenters. The quantitative estimate of drug-likeness (QED) is 0.766. The minimum atomic E-state index is 0.478. The summed E-state index contributed by atoms with van der Waals surface area (Å²) in [4.78, 5) is 0. The predicted molar refractivity (Wildman–Crippen MR) is 54.4 cm³/mol. The summed E-state index contributed by atoms with van der Waals surface area (Å²) in [6.07, 6.45) is 2.90. The molecule has 1 aromatic rings. The molecule has 70 valence electrons. The highest BCUT2D eigenvalue weighted by atomic mass is 16.5. The normalized spacial score (nSPS) is 15.5. The second kappa shape index (κ2) is 3.29. The molecule has 2 nitrogen and oxygen atoms in total. The van der Waals surface area contributed by atoms with E-state index in [-0.39, 0.29) is 0 Å². The Morgan fingerprint density at radius 1 is 1.38 bits per heavy atom. The molecule has 0 aliphatic heterocycles. The van der Waals surface area contributed by atoms with Crippen molar-refractivity contribution in [1.29, 1.82) is 0 Å². The third-order valence-corrected chi connectivity index (χ3v) is 2.37. The molecule has 13 heavy (non-hydrogen) atoms. The second-order valence-electron chi connectivity index (χ2n) is 3.50. The van der Waals surface area contributed by atoms with E-state index < -0.39 is 0 Å². The number of rotatable bonds is 3. The lowest BCUT2D eigenvalue weighted by Crippen LogP contribution is -2.00. The van der Waals surface area contributed by atoms with E-state index in [4.69, 9.17) is 4.74 Å². The van der Waals surface area contributed by atoms with Gasteiger partial charge in [0.05, 0.1) is 6.10 Å². The van der Waals surface area contributed by atoms with E-state index in [1.165, 1.54) is 18.4 Å². The molecule has 0 bridgehead atoms. The van der Waals surface area contributed by atoms with Crippen LogP contribution in [0.1, 0.15) is 18.4 Å². The van der Waals surface area contributed by atoms with Gasteiger partial charge in [-0.3, -0.25) is 0 Å². The number of benzene rings is 1. The molecular formula is C11H15NO. The molecule has 1 N–H and O–H groups in total. The van der Waals surface area contributed by atoms with E-state index in [0.717, 1.165) is 11.4 Å². The maximum Gasteiger partial charge on any atom is 0.124 e. The Morgan fingerprint density at radius 3 is 2.77 bits per heavy atom. The monoisotopic (exact) mass is 177 g/mol. The smallest absolute Gasteiger partial charge is 0.124 e. The van der Waals surface area contributed by atoms with E-state index in [0.29, 0.717) is 6.10 Å². The van der Waals surface area contributed by atoms with Gasteiger partial charge in [-0.15, -0.1) is 0 Å². The first kappa shape index (κ1) is 8.42. The Balaban J connectivity index is 2.22.